The van der Waals surface area contributed by atoms with E-state index in [2.05, 4.69) is 15.1 Å². The van der Waals surface area contributed by atoms with Crippen molar-refractivity contribution in [1.29, 1.82) is 0 Å². The van der Waals surface area contributed by atoms with E-state index in [1.54, 1.807) is 7.05 Å². The van der Waals surface area contributed by atoms with Crippen molar-refractivity contribution < 1.29 is 9.53 Å². The van der Waals surface area contributed by atoms with Gasteiger partial charge < -0.3 is 15.4 Å². The second kappa shape index (κ2) is 10.4. The lowest BCUT2D eigenvalue weighted by Crippen LogP contribution is -2.44. The smallest absolute Gasteiger partial charge is 0.330 e. The summed E-state index contributed by atoms with van der Waals surface area (Å²) in [5, 5.41) is 4.28. The third kappa shape index (κ3) is 4.81. The predicted molar refractivity (Wildman–Crippen MR) is 133 cm³/mol. The number of rotatable bonds is 9. The number of nitrogens with two attached hydrogens (primary N) is 1. The molecule has 13 nitrogen and oxygen atoms in total. The van der Waals surface area contributed by atoms with Crippen molar-refractivity contribution in [1.82, 2.24) is 28.9 Å². The van der Waals surface area contributed by atoms with Crippen LogP contribution in [0.15, 0.2) is 57.2 Å². The molecule has 3 N–H and O–H groups in total. The van der Waals surface area contributed by atoms with E-state index in [-0.39, 0.29) is 30.0 Å². The second-order valence-electron chi connectivity index (χ2n) is 8.14. The first-order chi connectivity index (χ1) is 17.3. The van der Waals surface area contributed by atoms with E-state index in [4.69, 9.17) is 10.5 Å². The van der Waals surface area contributed by atoms with Gasteiger partial charge in [-0.25, -0.2) is 9.78 Å². The summed E-state index contributed by atoms with van der Waals surface area (Å²) >= 11 is 0. The van der Waals surface area contributed by atoms with E-state index in [1.807, 2.05) is 30.3 Å². The molecule has 0 fully saturated rings. The second-order valence-corrected chi connectivity index (χ2v) is 8.14. The standard InChI is InChI=1S/C23H26N8O5/c1-28-20-16(11-26-28)22(34)29(14-25-20)13-17(32)30(9-6-10-36-2)18-19(24)31(23(35)27-21(18)33)12-15-7-4-3-5-8-15/h3-5,7-8,11,14H,6,9-10,12-13,24H2,1-2H3,(H,27,33,35). The molecule has 1 amide bonds. The molecule has 0 unspecified atom stereocenters. The number of methoxy groups -OCH3 is 1. The van der Waals surface area contributed by atoms with Crippen molar-refractivity contribution in [2.75, 3.05) is 30.9 Å². The molecule has 0 bridgehead atoms. The minimum Gasteiger partial charge on any atom is -0.385 e. The molecule has 0 saturated carbocycles. The average molecular weight is 495 g/mol. The highest BCUT2D eigenvalue weighted by Gasteiger charge is 2.25. The van der Waals surface area contributed by atoms with Gasteiger partial charge in [-0.15, -0.1) is 0 Å². The van der Waals surface area contributed by atoms with Gasteiger partial charge in [0.05, 0.1) is 12.7 Å². The van der Waals surface area contributed by atoms with Gasteiger partial charge in [0.15, 0.2) is 11.3 Å². The van der Waals surface area contributed by atoms with E-state index in [0.29, 0.717) is 18.7 Å². The lowest BCUT2D eigenvalue weighted by atomic mass is 10.2. The molecule has 4 rings (SSSR count). The summed E-state index contributed by atoms with van der Waals surface area (Å²) in [5.74, 6) is -0.744. The van der Waals surface area contributed by atoms with Crippen LogP contribution in [-0.2, 0) is 29.7 Å². The third-order valence-electron chi connectivity index (χ3n) is 5.72. The Morgan fingerprint density at radius 2 is 1.94 bits per heavy atom. The minimum absolute atomic E-state index is 0.0702. The molecule has 3 aromatic heterocycles. The number of nitrogens with one attached hydrogen (secondary N) is 1. The fraction of sp³-hybridized carbons (Fsp3) is 0.304. The molecule has 0 saturated heterocycles. The van der Waals surface area contributed by atoms with Crippen LogP contribution in [0.25, 0.3) is 11.0 Å². The maximum Gasteiger partial charge on any atom is 0.330 e. The van der Waals surface area contributed by atoms with Gasteiger partial charge in [-0.05, 0) is 12.0 Å². The summed E-state index contributed by atoms with van der Waals surface area (Å²) in [6.45, 7) is 0.0754. The largest absolute Gasteiger partial charge is 0.385 e. The zero-order valence-corrected chi connectivity index (χ0v) is 19.9. The summed E-state index contributed by atoms with van der Waals surface area (Å²) < 4.78 is 8.88. The van der Waals surface area contributed by atoms with Crippen LogP contribution >= 0.6 is 0 Å². The SMILES string of the molecule is COCCCN(C(=O)Cn1cnc2c(cnn2C)c1=O)c1c(N)n(Cc2ccccc2)c(=O)[nH]c1=O. The van der Waals surface area contributed by atoms with Gasteiger partial charge in [-0.3, -0.25) is 33.2 Å². The average Bonchev–Trinajstić information content (AvgIpc) is 3.24. The van der Waals surface area contributed by atoms with Crippen LogP contribution in [-0.4, -0.2) is 55.1 Å². The number of aromatic amines is 1. The summed E-state index contributed by atoms with van der Waals surface area (Å²) in [6.07, 6.45) is 3.01. The van der Waals surface area contributed by atoms with E-state index in [9.17, 15) is 19.2 Å². The van der Waals surface area contributed by atoms with Crippen LogP contribution in [0.5, 0.6) is 0 Å². The number of H-pyrrole nitrogens is 1. The van der Waals surface area contributed by atoms with Crippen molar-refractivity contribution >= 4 is 28.4 Å². The van der Waals surface area contributed by atoms with Crippen molar-refractivity contribution in [3.05, 3.63) is 79.6 Å². The number of hydrogen-bond donors (Lipinski definition) is 2. The number of nitrogen functional groups attached to an aromatic ring is 1. The molecule has 0 radical (unpaired) electrons. The molecule has 0 spiro atoms. The van der Waals surface area contributed by atoms with Crippen molar-refractivity contribution in [3.8, 4) is 0 Å². The summed E-state index contributed by atoms with van der Waals surface area (Å²) in [7, 11) is 3.17. The van der Waals surface area contributed by atoms with Gasteiger partial charge >= 0.3 is 5.69 Å². The number of hydrogen-bond acceptors (Lipinski definition) is 8. The number of aryl methyl sites for hydroxylation is 1. The number of anilines is 2. The molecule has 13 heteroatoms. The van der Waals surface area contributed by atoms with Crippen LogP contribution in [0.4, 0.5) is 11.5 Å². The molecule has 188 valence electrons. The van der Waals surface area contributed by atoms with E-state index in [0.717, 1.165) is 10.1 Å². The first-order valence-electron chi connectivity index (χ1n) is 11.1. The van der Waals surface area contributed by atoms with E-state index < -0.39 is 29.3 Å². The normalized spacial score (nSPS) is 11.2. The summed E-state index contributed by atoms with van der Waals surface area (Å²) in [6, 6.07) is 9.09. The highest BCUT2D eigenvalue weighted by atomic mass is 16.5. The van der Waals surface area contributed by atoms with Crippen LogP contribution in [0, 0.1) is 0 Å². The Kier molecular flexibility index (Phi) is 7.10. The molecule has 1 aromatic carbocycles. The Morgan fingerprint density at radius 3 is 2.67 bits per heavy atom. The number of carbonyl (C=O) groups is 1. The van der Waals surface area contributed by atoms with Crippen molar-refractivity contribution in [2.45, 2.75) is 19.5 Å². The fourth-order valence-corrected chi connectivity index (χ4v) is 3.90. The van der Waals surface area contributed by atoms with Gasteiger partial charge in [0.1, 0.15) is 24.1 Å². The minimum atomic E-state index is -0.805. The van der Waals surface area contributed by atoms with E-state index in [1.165, 1.54) is 33.8 Å². The van der Waals surface area contributed by atoms with Crippen LogP contribution in [0.2, 0.25) is 0 Å². The Hall–Kier alpha value is -4.52. The summed E-state index contributed by atoms with van der Waals surface area (Å²) in [5.41, 5.74) is 5.34. The first kappa shape index (κ1) is 24.6. The first-order valence-corrected chi connectivity index (χ1v) is 11.1. The molecular formula is C23H26N8O5. The number of fused-ring (bicyclic) bond motifs is 1. The molecule has 0 aliphatic rings. The fourth-order valence-electron chi connectivity index (χ4n) is 3.90. The Bertz CT molecular complexity index is 1570. The topological polar surface area (TPSA) is 163 Å². The van der Waals surface area contributed by atoms with Crippen LogP contribution in [0.3, 0.4) is 0 Å². The zero-order chi connectivity index (χ0) is 25.8. The Morgan fingerprint density at radius 1 is 1.19 bits per heavy atom. The number of amides is 1. The zero-order valence-electron chi connectivity index (χ0n) is 19.9. The van der Waals surface area contributed by atoms with Gasteiger partial charge in [0.25, 0.3) is 11.1 Å². The Labute approximate surface area is 204 Å². The van der Waals surface area contributed by atoms with Crippen LogP contribution < -0.4 is 27.4 Å². The van der Waals surface area contributed by atoms with Gasteiger partial charge in [0.2, 0.25) is 5.91 Å². The quantitative estimate of drug-likeness (QED) is 0.299. The molecule has 0 aliphatic carbocycles. The molecular weight excluding hydrogens is 468 g/mol. The highest BCUT2D eigenvalue weighted by molar-refractivity contribution is 5.95. The number of ether oxygens (including phenoxy) is 1. The monoisotopic (exact) mass is 494 g/mol. The molecule has 3 heterocycles. The molecule has 0 atom stereocenters. The highest BCUT2D eigenvalue weighted by Crippen LogP contribution is 2.19. The van der Waals surface area contributed by atoms with Crippen molar-refractivity contribution in [2.24, 2.45) is 7.05 Å². The Balaban J connectivity index is 1.74. The number of nitrogens with zero attached hydrogens (tertiary/aromatic N) is 6. The van der Waals surface area contributed by atoms with Gasteiger partial charge in [0, 0.05) is 27.3 Å². The maximum absolute atomic E-state index is 13.4. The molecule has 36 heavy (non-hydrogen) atoms. The maximum atomic E-state index is 13.4. The number of carbonyl (C=O) groups excluding carboxylic acids is 1. The van der Waals surface area contributed by atoms with Gasteiger partial charge in [-0.1, -0.05) is 30.3 Å². The number of aromatic nitrogens is 6. The molecule has 4 aromatic rings. The van der Waals surface area contributed by atoms with Gasteiger partial charge in [-0.2, -0.15) is 5.10 Å². The van der Waals surface area contributed by atoms with Crippen LogP contribution in [0.1, 0.15) is 12.0 Å². The summed E-state index contributed by atoms with van der Waals surface area (Å²) in [4.78, 5) is 59.4. The van der Waals surface area contributed by atoms with E-state index >= 15 is 0 Å². The lowest BCUT2D eigenvalue weighted by molar-refractivity contribution is -0.119. The lowest BCUT2D eigenvalue weighted by Gasteiger charge is -2.25. The third-order valence-corrected chi connectivity index (χ3v) is 5.72. The molecule has 0 aliphatic heterocycles. The predicted octanol–water partition coefficient (Wildman–Crippen LogP) is -0.320. The number of benzene rings is 1. The van der Waals surface area contributed by atoms with Crippen molar-refractivity contribution in [3.63, 3.8) is 0 Å².